The minimum Gasteiger partial charge on any atom is -0.488 e. The number of aryl methyl sites for hydroxylation is 1. The molecule has 0 aliphatic carbocycles. The zero-order valence-corrected chi connectivity index (χ0v) is 18.1. The molecule has 1 fully saturated rings. The van der Waals surface area contributed by atoms with E-state index < -0.39 is 0 Å². The summed E-state index contributed by atoms with van der Waals surface area (Å²) in [4.78, 5) is 18.5. The van der Waals surface area contributed by atoms with Gasteiger partial charge in [0.05, 0.1) is 19.8 Å². The van der Waals surface area contributed by atoms with Crippen molar-refractivity contribution in [1.82, 2.24) is 10.3 Å². The zero-order valence-electron chi connectivity index (χ0n) is 17.3. The summed E-state index contributed by atoms with van der Waals surface area (Å²) in [5, 5.41) is 3.70. The van der Waals surface area contributed by atoms with Crippen molar-refractivity contribution in [1.29, 1.82) is 0 Å². The second kappa shape index (κ2) is 10.3. The number of carbonyl (C=O) groups is 1. The van der Waals surface area contributed by atoms with E-state index >= 15 is 0 Å². The molecule has 160 valence electrons. The van der Waals surface area contributed by atoms with Gasteiger partial charge in [-0.1, -0.05) is 6.92 Å². The van der Waals surface area contributed by atoms with E-state index in [9.17, 15) is 4.79 Å². The fraction of sp³-hybridized carbons (Fsp3) is 0.364. The van der Waals surface area contributed by atoms with Gasteiger partial charge in [-0.15, -0.1) is 11.3 Å². The Morgan fingerprint density at radius 1 is 1.37 bits per heavy atom. The second-order valence-electron chi connectivity index (χ2n) is 7.17. The van der Waals surface area contributed by atoms with Crippen LogP contribution < -0.4 is 21.5 Å². The van der Waals surface area contributed by atoms with Crippen molar-refractivity contribution in [2.75, 3.05) is 19.8 Å². The highest BCUT2D eigenvalue weighted by molar-refractivity contribution is 7.15. The highest BCUT2D eigenvalue weighted by Gasteiger charge is 2.19. The largest absolute Gasteiger partial charge is 0.488 e. The first-order valence-corrected chi connectivity index (χ1v) is 10.8. The lowest BCUT2D eigenvalue weighted by atomic mass is 10.1. The van der Waals surface area contributed by atoms with Crippen LogP contribution in [0.15, 0.2) is 47.9 Å². The van der Waals surface area contributed by atoms with Gasteiger partial charge in [0.1, 0.15) is 16.9 Å². The van der Waals surface area contributed by atoms with Crippen LogP contribution >= 0.6 is 11.3 Å². The number of ether oxygens (including phenoxy) is 2. The van der Waals surface area contributed by atoms with Crippen molar-refractivity contribution < 1.29 is 14.3 Å². The fourth-order valence-electron chi connectivity index (χ4n) is 2.91. The fourth-order valence-corrected chi connectivity index (χ4v) is 3.75. The van der Waals surface area contributed by atoms with Crippen LogP contribution in [0.1, 0.15) is 35.5 Å². The van der Waals surface area contributed by atoms with Crippen LogP contribution in [-0.2, 0) is 11.2 Å². The molecule has 8 heteroatoms. The van der Waals surface area contributed by atoms with Gasteiger partial charge in [-0.2, -0.15) is 0 Å². The molecule has 0 saturated carbocycles. The predicted octanol–water partition coefficient (Wildman–Crippen LogP) is 2.98. The monoisotopic (exact) mass is 428 g/mol. The molecular formula is C22H28N4O3S. The van der Waals surface area contributed by atoms with Crippen LogP contribution in [0.5, 0.6) is 5.75 Å². The van der Waals surface area contributed by atoms with E-state index in [1.807, 2.05) is 18.3 Å². The number of thiazole rings is 1. The van der Waals surface area contributed by atoms with E-state index in [-0.39, 0.29) is 18.6 Å². The summed E-state index contributed by atoms with van der Waals surface area (Å²) in [5.41, 5.74) is 14.0. The molecule has 1 saturated heterocycles. The quantitative estimate of drug-likeness (QED) is 0.557. The first-order valence-electron chi connectivity index (χ1n) is 9.95. The molecule has 0 spiro atoms. The molecule has 1 aromatic heterocycles. The van der Waals surface area contributed by atoms with Gasteiger partial charge in [-0.25, -0.2) is 4.98 Å². The number of amides is 1. The normalized spacial score (nSPS) is 17.2. The number of nitrogens with two attached hydrogens (primary N) is 2. The number of aromatic nitrogens is 1. The molecule has 2 aromatic rings. The number of hydrogen-bond acceptors (Lipinski definition) is 7. The highest BCUT2D eigenvalue weighted by atomic mass is 32.1. The molecule has 1 aromatic carbocycles. The minimum atomic E-state index is -0.235. The third-order valence-electron chi connectivity index (χ3n) is 4.52. The van der Waals surface area contributed by atoms with Crippen molar-refractivity contribution in [3.63, 3.8) is 0 Å². The van der Waals surface area contributed by atoms with Crippen LogP contribution in [0.3, 0.4) is 0 Å². The Morgan fingerprint density at radius 3 is 2.87 bits per heavy atom. The molecule has 1 aliphatic heterocycles. The van der Waals surface area contributed by atoms with Gasteiger partial charge in [0, 0.05) is 40.0 Å². The molecule has 0 bridgehead atoms. The summed E-state index contributed by atoms with van der Waals surface area (Å²) in [6.45, 7) is 5.32. The Balaban J connectivity index is 1.82. The van der Waals surface area contributed by atoms with Crippen LogP contribution in [0.4, 0.5) is 0 Å². The third-order valence-corrected chi connectivity index (χ3v) is 5.71. The number of benzene rings is 1. The number of allylic oxidation sites excluding steroid dienone is 3. The molecule has 1 aliphatic rings. The van der Waals surface area contributed by atoms with Gasteiger partial charge in [-0.3, -0.25) is 4.79 Å². The zero-order chi connectivity index (χ0) is 21.5. The average molecular weight is 429 g/mol. The number of nitrogens with one attached hydrogen (secondary N) is 1. The summed E-state index contributed by atoms with van der Waals surface area (Å²) in [6, 6.07) is 5.50. The number of carbonyl (C=O) groups excluding carboxylic acids is 1. The number of nitrogens with zero attached hydrogens (tertiary/aromatic N) is 1. The van der Waals surface area contributed by atoms with E-state index in [2.05, 4.69) is 17.2 Å². The van der Waals surface area contributed by atoms with Gasteiger partial charge >= 0.3 is 0 Å². The lowest BCUT2D eigenvalue weighted by Crippen LogP contribution is -2.28. The van der Waals surface area contributed by atoms with Crippen molar-refractivity contribution in [3.05, 3.63) is 58.4 Å². The summed E-state index contributed by atoms with van der Waals surface area (Å²) in [7, 11) is 0. The summed E-state index contributed by atoms with van der Waals surface area (Å²) >= 11 is 1.61. The topological polar surface area (TPSA) is 112 Å². The van der Waals surface area contributed by atoms with E-state index in [1.54, 1.807) is 36.5 Å². The van der Waals surface area contributed by atoms with E-state index in [1.165, 1.54) is 4.88 Å². The Kier molecular flexibility index (Phi) is 7.48. The van der Waals surface area contributed by atoms with Crippen LogP contribution in [0.25, 0.3) is 10.6 Å². The highest BCUT2D eigenvalue weighted by Crippen LogP contribution is 2.31. The molecule has 0 radical (unpaired) electrons. The average Bonchev–Trinajstić information content (AvgIpc) is 3.42. The third kappa shape index (κ3) is 6.08. The van der Waals surface area contributed by atoms with E-state index in [0.29, 0.717) is 35.9 Å². The SMILES string of the molecule is CCc1cnc(-c2cc(O[C@H]3CCOC3)cc(C(=O)NC/C(N)=C/C=C(/C)N)c2)s1. The van der Waals surface area contributed by atoms with Crippen molar-refractivity contribution in [3.8, 4) is 16.3 Å². The lowest BCUT2D eigenvalue weighted by Gasteiger charge is -2.14. The van der Waals surface area contributed by atoms with Gasteiger partial charge < -0.3 is 26.3 Å². The number of rotatable bonds is 8. The maximum absolute atomic E-state index is 12.8. The summed E-state index contributed by atoms with van der Waals surface area (Å²) in [6.07, 6.45) is 7.00. The molecular weight excluding hydrogens is 400 g/mol. The molecule has 1 atom stereocenters. The first kappa shape index (κ1) is 21.9. The van der Waals surface area contributed by atoms with Crippen molar-refractivity contribution in [2.45, 2.75) is 32.8 Å². The molecule has 5 N–H and O–H groups in total. The lowest BCUT2D eigenvalue weighted by molar-refractivity contribution is 0.0955. The second-order valence-corrected chi connectivity index (χ2v) is 8.28. The molecule has 0 unspecified atom stereocenters. The Morgan fingerprint density at radius 2 is 2.20 bits per heavy atom. The molecule has 30 heavy (non-hydrogen) atoms. The molecule has 7 nitrogen and oxygen atoms in total. The van der Waals surface area contributed by atoms with Gasteiger partial charge in [0.15, 0.2) is 0 Å². The standard InChI is InChI=1S/C22H28N4O3S/c1-3-20-12-26-22(30-20)16-8-15(9-19(10-16)29-18-6-7-28-13-18)21(27)25-11-17(24)5-4-14(2)23/h4-5,8-10,12,18H,3,6-7,11,13,23-24H2,1-2H3,(H,25,27)/b14-4-,17-5-/t18-/m0/s1. The maximum Gasteiger partial charge on any atom is 0.251 e. The molecule has 3 rings (SSSR count). The van der Waals surface area contributed by atoms with Crippen LogP contribution in [0.2, 0.25) is 0 Å². The van der Waals surface area contributed by atoms with Crippen molar-refractivity contribution in [2.24, 2.45) is 11.5 Å². The van der Waals surface area contributed by atoms with Gasteiger partial charge in [-0.05, 0) is 43.7 Å². The van der Waals surface area contributed by atoms with Crippen LogP contribution in [-0.4, -0.2) is 36.8 Å². The molecule has 2 heterocycles. The van der Waals surface area contributed by atoms with Crippen LogP contribution in [0, 0.1) is 0 Å². The van der Waals surface area contributed by atoms with E-state index in [0.717, 1.165) is 23.4 Å². The first-order chi connectivity index (χ1) is 14.4. The maximum atomic E-state index is 12.8. The Hall–Kier alpha value is -2.84. The summed E-state index contributed by atoms with van der Waals surface area (Å²) in [5.74, 6) is 0.396. The van der Waals surface area contributed by atoms with Gasteiger partial charge in [0.2, 0.25) is 0 Å². The predicted molar refractivity (Wildman–Crippen MR) is 119 cm³/mol. The van der Waals surface area contributed by atoms with E-state index in [4.69, 9.17) is 20.9 Å². The van der Waals surface area contributed by atoms with Crippen molar-refractivity contribution >= 4 is 17.2 Å². The molecule has 1 amide bonds. The minimum absolute atomic E-state index is 0.0106. The smallest absolute Gasteiger partial charge is 0.251 e. The van der Waals surface area contributed by atoms with Gasteiger partial charge in [0.25, 0.3) is 5.91 Å². The number of hydrogen-bond donors (Lipinski definition) is 3. The Labute approximate surface area is 180 Å². The summed E-state index contributed by atoms with van der Waals surface area (Å²) < 4.78 is 11.5. The Bertz CT molecular complexity index is 942.